The molecule has 4 rings (SSSR count). The van der Waals surface area contributed by atoms with Crippen molar-refractivity contribution in [2.45, 2.75) is 38.3 Å². The van der Waals surface area contributed by atoms with Gasteiger partial charge in [0.2, 0.25) is 5.91 Å². The van der Waals surface area contributed by atoms with Crippen molar-refractivity contribution in [2.24, 2.45) is 0 Å². The van der Waals surface area contributed by atoms with Gasteiger partial charge in [0.1, 0.15) is 24.2 Å². The average molecular weight is 517 g/mol. The van der Waals surface area contributed by atoms with Crippen LogP contribution in [0.4, 0.5) is 10.1 Å². The minimum Gasteiger partial charge on any atom is -0.494 e. The van der Waals surface area contributed by atoms with Crippen LogP contribution in [0, 0.1) is 5.82 Å². The molecule has 2 aliphatic rings. The van der Waals surface area contributed by atoms with Crippen LogP contribution >= 0.6 is 15.9 Å². The number of anilines is 1. The van der Waals surface area contributed by atoms with E-state index in [4.69, 9.17) is 4.74 Å². The first kappa shape index (κ1) is 23.3. The molecule has 2 aliphatic heterocycles. The van der Waals surface area contributed by atoms with E-state index in [1.807, 2.05) is 24.3 Å². The number of benzene rings is 2. The maximum Gasteiger partial charge on any atom is 0.251 e. The van der Waals surface area contributed by atoms with E-state index in [9.17, 15) is 14.0 Å². The van der Waals surface area contributed by atoms with Gasteiger partial charge in [-0.3, -0.25) is 9.59 Å². The number of fused-ring (bicyclic) bond motifs is 1. The number of unbranched alkanes of at least 4 members (excludes halogenated alkanes) is 1. The van der Waals surface area contributed by atoms with Crippen LogP contribution in [0.5, 0.6) is 5.75 Å². The molecule has 2 aromatic rings. The Balaban J connectivity index is 1.34. The minimum absolute atomic E-state index is 0.0288. The van der Waals surface area contributed by atoms with E-state index < -0.39 is 17.8 Å². The summed E-state index contributed by atoms with van der Waals surface area (Å²) in [6.07, 6.45) is 5.99. The van der Waals surface area contributed by atoms with Gasteiger partial charge < -0.3 is 20.0 Å². The molecule has 1 saturated heterocycles. The highest BCUT2D eigenvalue weighted by atomic mass is 79.9. The molecule has 0 radical (unpaired) electrons. The lowest BCUT2D eigenvalue weighted by atomic mass is 10.0. The monoisotopic (exact) mass is 516 g/mol. The predicted octanol–water partition coefficient (Wildman–Crippen LogP) is 4.34. The molecule has 2 heterocycles. The zero-order chi connectivity index (χ0) is 23.4. The molecule has 0 aromatic heterocycles. The fourth-order valence-electron chi connectivity index (χ4n) is 3.85. The Kier molecular flexibility index (Phi) is 7.29. The minimum atomic E-state index is -0.547. The van der Waals surface area contributed by atoms with Gasteiger partial charge in [0, 0.05) is 16.9 Å². The van der Waals surface area contributed by atoms with E-state index in [1.165, 1.54) is 17.0 Å². The van der Waals surface area contributed by atoms with Crippen LogP contribution in [-0.4, -0.2) is 40.9 Å². The average Bonchev–Trinajstić information content (AvgIpc) is 3.24. The van der Waals surface area contributed by atoms with Crippen molar-refractivity contribution in [3.63, 3.8) is 0 Å². The molecule has 7 nitrogen and oxygen atoms in total. The topological polar surface area (TPSA) is 73.9 Å². The van der Waals surface area contributed by atoms with E-state index in [0.29, 0.717) is 17.5 Å². The second-order valence-electron chi connectivity index (χ2n) is 8.05. The number of amides is 2. The summed E-state index contributed by atoms with van der Waals surface area (Å²) < 4.78 is 20.3. The highest BCUT2D eigenvalue weighted by molar-refractivity contribution is 9.10. The molecule has 9 heteroatoms. The molecular weight excluding hydrogens is 491 g/mol. The second-order valence-corrected chi connectivity index (χ2v) is 8.96. The molecule has 33 heavy (non-hydrogen) atoms. The van der Waals surface area contributed by atoms with Crippen molar-refractivity contribution >= 4 is 33.4 Å². The molecule has 174 valence electrons. The number of carbonyl (C=O) groups is 2. The Morgan fingerprint density at radius 1 is 1.24 bits per heavy atom. The van der Waals surface area contributed by atoms with Crippen molar-refractivity contribution in [2.75, 3.05) is 18.5 Å². The summed E-state index contributed by atoms with van der Waals surface area (Å²) >= 11 is 3.18. The van der Waals surface area contributed by atoms with E-state index in [0.717, 1.165) is 24.2 Å². The zero-order valence-electron chi connectivity index (χ0n) is 18.3. The fraction of sp³-hybridized carbons (Fsp3) is 0.333. The quantitative estimate of drug-likeness (QED) is 0.510. The molecule has 0 saturated carbocycles. The number of rotatable bonds is 8. The van der Waals surface area contributed by atoms with Crippen LogP contribution in [0.15, 0.2) is 59.3 Å². The Bertz CT molecular complexity index is 1050. The van der Waals surface area contributed by atoms with Crippen LogP contribution in [-0.2, 0) is 9.59 Å². The lowest BCUT2D eigenvalue weighted by Crippen LogP contribution is -2.49. The molecule has 2 unspecified atom stereocenters. The normalized spacial score (nSPS) is 19.5. The maximum atomic E-state index is 14.0. The molecule has 0 bridgehead atoms. The summed E-state index contributed by atoms with van der Waals surface area (Å²) in [6.45, 7) is 2.63. The van der Waals surface area contributed by atoms with Gasteiger partial charge in [-0.15, -0.1) is 0 Å². The lowest BCUT2D eigenvalue weighted by Gasteiger charge is -2.31. The highest BCUT2D eigenvalue weighted by Crippen LogP contribution is 2.31. The smallest absolute Gasteiger partial charge is 0.251 e. The predicted molar refractivity (Wildman–Crippen MR) is 127 cm³/mol. The summed E-state index contributed by atoms with van der Waals surface area (Å²) in [4.78, 5) is 26.8. The first-order valence-corrected chi connectivity index (χ1v) is 11.7. The fourth-order valence-corrected chi connectivity index (χ4v) is 4.18. The van der Waals surface area contributed by atoms with Gasteiger partial charge in [0.15, 0.2) is 0 Å². The first-order valence-electron chi connectivity index (χ1n) is 11.0. The van der Waals surface area contributed by atoms with Gasteiger partial charge in [-0.1, -0.05) is 41.4 Å². The number of carbonyl (C=O) groups excluding carboxylic acids is 2. The van der Waals surface area contributed by atoms with E-state index >= 15 is 0 Å². The summed E-state index contributed by atoms with van der Waals surface area (Å²) in [5, 5.41) is 4.30. The Labute approximate surface area is 200 Å². The number of ether oxygens (including phenoxy) is 1. The number of halogens is 2. The molecule has 0 aliphatic carbocycles. The van der Waals surface area contributed by atoms with Gasteiger partial charge in [-0.05, 0) is 48.7 Å². The van der Waals surface area contributed by atoms with Crippen LogP contribution in [0.1, 0.15) is 37.8 Å². The van der Waals surface area contributed by atoms with Crippen molar-refractivity contribution in [3.8, 4) is 5.75 Å². The number of hydrogen-bond donors (Lipinski definition) is 2. The standard InChI is InChI=1S/C24H26BrFN4O3/c1-2-3-12-33-18-7-4-16(5-8-18)21-14-22-24(32)29(10-11-30(22)28-21)15-23(31)27-20-9-6-17(25)13-19(20)26/h4-11,13,21-22,28H,2-3,12,14-15H2,1H3,(H,27,31). The summed E-state index contributed by atoms with van der Waals surface area (Å²) in [6, 6.07) is 11.8. The Hall–Kier alpha value is -2.91. The second kappa shape index (κ2) is 10.4. The van der Waals surface area contributed by atoms with Crippen LogP contribution < -0.4 is 15.5 Å². The molecular formula is C24H26BrFN4O3. The van der Waals surface area contributed by atoms with E-state index in [-0.39, 0.29) is 24.2 Å². The largest absolute Gasteiger partial charge is 0.494 e. The molecule has 2 aromatic carbocycles. The molecule has 0 spiro atoms. The van der Waals surface area contributed by atoms with Crippen LogP contribution in [0.25, 0.3) is 0 Å². The van der Waals surface area contributed by atoms with Gasteiger partial charge in [-0.25, -0.2) is 9.82 Å². The molecule has 1 fully saturated rings. The summed E-state index contributed by atoms with van der Waals surface area (Å²) in [7, 11) is 0. The molecule has 2 atom stereocenters. The molecule has 2 N–H and O–H groups in total. The van der Waals surface area contributed by atoms with Gasteiger partial charge in [-0.2, -0.15) is 0 Å². The number of hydrazine groups is 1. The van der Waals surface area contributed by atoms with Gasteiger partial charge in [0.05, 0.1) is 18.3 Å². The third-order valence-corrected chi connectivity index (χ3v) is 6.14. The van der Waals surface area contributed by atoms with E-state index in [1.54, 1.807) is 23.5 Å². The van der Waals surface area contributed by atoms with Crippen molar-refractivity contribution in [3.05, 3.63) is 70.7 Å². The van der Waals surface area contributed by atoms with Crippen LogP contribution in [0.3, 0.4) is 0 Å². The number of hydrogen-bond acceptors (Lipinski definition) is 5. The zero-order valence-corrected chi connectivity index (χ0v) is 19.8. The SMILES string of the molecule is CCCCOc1ccc(C2CC3C(=O)N(CC(=O)Nc4ccc(Br)cc4F)C=CN3N2)cc1. The molecule has 2 amide bonds. The van der Waals surface area contributed by atoms with Crippen molar-refractivity contribution < 1.29 is 18.7 Å². The van der Waals surface area contributed by atoms with Gasteiger partial charge in [0.25, 0.3) is 5.91 Å². The Morgan fingerprint density at radius 2 is 2.03 bits per heavy atom. The first-order chi connectivity index (χ1) is 15.9. The van der Waals surface area contributed by atoms with Gasteiger partial charge >= 0.3 is 0 Å². The summed E-state index contributed by atoms with van der Waals surface area (Å²) in [5.41, 5.74) is 4.47. The van der Waals surface area contributed by atoms with E-state index in [2.05, 4.69) is 33.6 Å². The number of nitrogens with one attached hydrogen (secondary N) is 2. The van der Waals surface area contributed by atoms with Crippen molar-refractivity contribution in [1.82, 2.24) is 15.3 Å². The third-order valence-electron chi connectivity index (χ3n) is 5.64. The highest BCUT2D eigenvalue weighted by Gasteiger charge is 2.40. The maximum absolute atomic E-state index is 14.0. The third kappa shape index (κ3) is 5.54. The Morgan fingerprint density at radius 3 is 2.76 bits per heavy atom. The van der Waals surface area contributed by atoms with Crippen molar-refractivity contribution in [1.29, 1.82) is 0 Å². The number of nitrogens with zero attached hydrogens (tertiary/aromatic N) is 2. The van der Waals surface area contributed by atoms with Crippen LogP contribution in [0.2, 0.25) is 0 Å². The lowest BCUT2D eigenvalue weighted by molar-refractivity contribution is -0.137. The summed E-state index contributed by atoms with van der Waals surface area (Å²) in [5.74, 6) is -0.366.